The summed E-state index contributed by atoms with van der Waals surface area (Å²) in [6.07, 6.45) is 0. The summed E-state index contributed by atoms with van der Waals surface area (Å²) < 4.78 is 15.6. The molecule has 0 N–H and O–H groups in total. The summed E-state index contributed by atoms with van der Waals surface area (Å²) in [7, 11) is 4.61. The van der Waals surface area contributed by atoms with Gasteiger partial charge in [-0.25, -0.2) is 0 Å². The van der Waals surface area contributed by atoms with Crippen LogP contribution in [0.25, 0.3) is 0 Å². The van der Waals surface area contributed by atoms with Gasteiger partial charge in [-0.15, -0.1) is 0 Å². The molecule has 19 heavy (non-hydrogen) atoms. The fourth-order valence-electron chi connectivity index (χ4n) is 2.20. The Kier molecular flexibility index (Phi) is 5.21. The third-order valence-electron chi connectivity index (χ3n) is 3.20. The van der Waals surface area contributed by atoms with Gasteiger partial charge in [0.2, 0.25) is 0 Å². The van der Waals surface area contributed by atoms with Crippen LogP contribution in [0.1, 0.15) is 30.9 Å². The molecule has 1 atom stereocenters. The number of aryl methyl sites for hydroxylation is 1. The summed E-state index contributed by atoms with van der Waals surface area (Å²) in [6.45, 7) is 5.90. The van der Waals surface area contributed by atoms with Crippen molar-refractivity contribution in [3.05, 3.63) is 23.3 Å². The molecule has 0 saturated heterocycles. The van der Waals surface area contributed by atoms with Crippen LogP contribution in [-0.2, 0) is 9.53 Å². The van der Waals surface area contributed by atoms with Gasteiger partial charge in [-0.2, -0.15) is 0 Å². The molecule has 106 valence electrons. The van der Waals surface area contributed by atoms with Crippen molar-refractivity contribution in [2.75, 3.05) is 21.3 Å². The third-order valence-corrected chi connectivity index (χ3v) is 3.20. The number of carbonyl (C=O) groups excluding carboxylic acids is 1. The number of hydrogen-bond donors (Lipinski definition) is 0. The quantitative estimate of drug-likeness (QED) is 0.769. The van der Waals surface area contributed by atoms with Gasteiger partial charge in [0.15, 0.2) is 0 Å². The Bertz CT molecular complexity index is 452. The number of rotatable bonds is 5. The minimum Gasteiger partial charge on any atom is -0.496 e. The van der Waals surface area contributed by atoms with E-state index in [-0.39, 0.29) is 17.8 Å². The number of hydrogen-bond acceptors (Lipinski definition) is 4. The zero-order valence-electron chi connectivity index (χ0n) is 12.4. The van der Waals surface area contributed by atoms with E-state index in [1.54, 1.807) is 14.2 Å². The maximum absolute atomic E-state index is 12.0. The monoisotopic (exact) mass is 266 g/mol. The van der Waals surface area contributed by atoms with Crippen LogP contribution in [0.5, 0.6) is 11.5 Å². The third kappa shape index (κ3) is 3.19. The minimum atomic E-state index is -0.366. The summed E-state index contributed by atoms with van der Waals surface area (Å²) in [6, 6.07) is 3.74. The second-order valence-electron chi connectivity index (χ2n) is 4.81. The first-order valence-electron chi connectivity index (χ1n) is 6.26. The van der Waals surface area contributed by atoms with Crippen LogP contribution in [-0.4, -0.2) is 27.3 Å². The van der Waals surface area contributed by atoms with E-state index in [0.29, 0.717) is 5.75 Å². The molecule has 0 aliphatic carbocycles. The van der Waals surface area contributed by atoms with E-state index in [1.165, 1.54) is 7.11 Å². The fourth-order valence-corrected chi connectivity index (χ4v) is 2.20. The Balaban J connectivity index is 3.39. The molecule has 1 unspecified atom stereocenters. The first-order chi connectivity index (χ1) is 8.96. The number of methoxy groups -OCH3 is 3. The van der Waals surface area contributed by atoms with Crippen molar-refractivity contribution in [3.63, 3.8) is 0 Å². The topological polar surface area (TPSA) is 44.8 Å². The fraction of sp³-hybridized carbons (Fsp3) is 0.533. The molecule has 0 heterocycles. The molecule has 0 aliphatic rings. The lowest BCUT2D eigenvalue weighted by atomic mass is 9.87. The second-order valence-corrected chi connectivity index (χ2v) is 4.81. The Morgan fingerprint density at radius 2 is 1.63 bits per heavy atom. The van der Waals surface area contributed by atoms with Gasteiger partial charge in [-0.1, -0.05) is 13.8 Å². The highest BCUT2D eigenvalue weighted by Gasteiger charge is 2.29. The molecule has 1 aromatic carbocycles. The van der Waals surface area contributed by atoms with E-state index >= 15 is 0 Å². The SMILES string of the molecule is COC(=O)C(c1cc(OC)c(C)cc1OC)C(C)C. The molecule has 1 rings (SSSR count). The first-order valence-corrected chi connectivity index (χ1v) is 6.26. The van der Waals surface area contributed by atoms with Gasteiger partial charge in [0.1, 0.15) is 11.5 Å². The van der Waals surface area contributed by atoms with Crippen LogP contribution in [0.15, 0.2) is 12.1 Å². The molecule has 0 bridgehead atoms. The molecule has 0 spiro atoms. The van der Waals surface area contributed by atoms with E-state index in [0.717, 1.165) is 16.9 Å². The van der Waals surface area contributed by atoms with Gasteiger partial charge in [0.25, 0.3) is 0 Å². The van der Waals surface area contributed by atoms with Crippen LogP contribution in [0.3, 0.4) is 0 Å². The lowest BCUT2D eigenvalue weighted by Gasteiger charge is -2.22. The van der Waals surface area contributed by atoms with E-state index in [4.69, 9.17) is 14.2 Å². The number of carbonyl (C=O) groups is 1. The highest BCUT2D eigenvalue weighted by molar-refractivity contribution is 5.79. The van der Waals surface area contributed by atoms with Crippen LogP contribution in [0.4, 0.5) is 0 Å². The van der Waals surface area contributed by atoms with E-state index in [2.05, 4.69) is 0 Å². The molecule has 0 amide bonds. The highest BCUT2D eigenvalue weighted by Crippen LogP contribution is 2.37. The summed E-state index contributed by atoms with van der Waals surface area (Å²) in [5.41, 5.74) is 1.77. The molecule has 0 saturated carbocycles. The predicted molar refractivity (Wildman–Crippen MR) is 73.9 cm³/mol. The molecule has 0 fully saturated rings. The van der Waals surface area contributed by atoms with Gasteiger partial charge in [-0.05, 0) is 30.5 Å². The zero-order chi connectivity index (χ0) is 14.6. The van der Waals surface area contributed by atoms with Crippen molar-refractivity contribution in [2.24, 2.45) is 5.92 Å². The first kappa shape index (κ1) is 15.3. The maximum Gasteiger partial charge on any atom is 0.313 e. The number of ether oxygens (including phenoxy) is 3. The average molecular weight is 266 g/mol. The van der Waals surface area contributed by atoms with Crippen LogP contribution >= 0.6 is 0 Å². The summed E-state index contributed by atoms with van der Waals surface area (Å²) >= 11 is 0. The molecule has 0 radical (unpaired) electrons. The van der Waals surface area contributed by atoms with Crippen molar-refractivity contribution in [1.29, 1.82) is 0 Å². The molecule has 0 aliphatic heterocycles. The Morgan fingerprint density at radius 3 is 2.05 bits per heavy atom. The van der Waals surface area contributed by atoms with Crippen molar-refractivity contribution < 1.29 is 19.0 Å². The average Bonchev–Trinajstić information content (AvgIpc) is 2.39. The largest absolute Gasteiger partial charge is 0.496 e. The lowest BCUT2D eigenvalue weighted by molar-refractivity contribution is -0.143. The predicted octanol–water partition coefficient (Wildman–Crippen LogP) is 2.92. The number of benzene rings is 1. The Hall–Kier alpha value is -1.71. The lowest BCUT2D eigenvalue weighted by Crippen LogP contribution is -2.20. The van der Waals surface area contributed by atoms with Crippen LogP contribution in [0, 0.1) is 12.8 Å². The Labute approximate surface area is 114 Å². The second kappa shape index (κ2) is 6.45. The Morgan fingerprint density at radius 1 is 1.05 bits per heavy atom. The normalized spacial score (nSPS) is 12.2. The molecule has 0 aromatic heterocycles. The van der Waals surface area contributed by atoms with Crippen LogP contribution < -0.4 is 9.47 Å². The van der Waals surface area contributed by atoms with Crippen molar-refractivity contribution in [3.8, 4) is 11.5 Å². The highest BCUT2D eigenvalue weighted by atomic mass is 16.5. The van der Waals surface area contributed by atoms with Gasteiger partial charge in [0.05, 0.1) is 27.2 Å². The summed E-state index contributed by atoms with van der Waals surface area (Å²) in [5.74, 6) is 0.898. The van der Waals surface area contributed by atoms with E-state index in [1.807, 2.05) is 32.9 Å². The maximum atomic E-state index is 12.0. The minimum absolute atomic E-state index is 0.105. The summed E-state index contributed by atoms with van der Waals surface area (Å²) in [4.78, 5) is 12.0. The van der Waals surface area contributed by atoms with Gasteiger partial charge >= 0.3 is 5.97 Å². The zero-order valence-corrected chi connectivity index (χ0v) is 12.4. The van der Waals surface area contributed by atoms with Gasteiger partial charge in [0, 0.05) is 5.56 Å². The molecule has 4 heteroatoms. The summed E-state index contributed by atoms with van der Waals surface area (Å²) in [5, 5.41) is 0. The van der Waals surface area contributed by atoms with Crippen molar-refractivity contribution in [1.82, 2.24) is 0 Å². The van der Waals surface area contributed by atoms with Gasteiger partial charge < -0.3 is 14.2 Å². The molecular weight excluding hydrogens is 244 g/mol. The molecular formula is C15H22O4. The van der Waals surface area contributed by atoms with E-state index in [9.17, 15) is 4.79 Å². The van der Waals surface area contributed by atoms with Crippen molar-refractivity contribution >= 4 is 5.97 Å². The van der Waals surface area contributed by atoms with E-state index < -0.39 is 0 Å². The standard InChI is InChI=1S/C15H22O4/c1-9(2)14(15(16)19-6)11-8-12(17-4)10(3)7-13(11)18-5/h7-9,14H,1-6H3. The van der Waals surface area contributed by atoms with Crippen LogP contribution in [0.2, 0.25) is 0 Å². The van der Waals surface area contributed by atoms with Gasteiger partial charge in [-0.3, -0.25) is 4.79 Å². The number of esters is 1. The molecule has 1 aromatic rings. The molecule has 4 nitrogen and oxygen atoms in total. The van der Waals surface area contributed by atoms with Crippen molar-refractivity contribution in [2.45, 2.75) is 26.7 Å². The smallest absolute Gasteiger partial charge is 0.313 e.